The Morgan fingerprint density at radius 1 is 0.973 bits per heavy atom. The van der Waals surface area contributed by atoms with Crippen LogP contribution in [-0.4, -0.2) is 61.9 Å². The van der Waals surface area contributed by atoms with E-state index in [1.807, 2.05) is 36.4 Å². The monoisotopic (exact) mass is 505 g/mol. The van der Waals surface area contributed by atoms with Gasteiger partial charge in [-0.2, -0.15) is 0 Å². The molecule has 2 aliphatic rings. The van der Waals surface area contributed by atoms with Gasteiger partial charge in [-0.3, -0.25) is 9.69 Å². The fourth-order valence-corrected chi connectivity index (χ4v) is 5.42. The summed E-state index contributed by atoms with van der Waals surface area (Å²) < 4.78 is 20.6. The number of aliphatic hydroxyl groups is 1. The van der Waals surface area contributed by atoms with Crippen LogP contribution < -0.4 is 15.0 Å². The highest BCUT2D eigenvalue weighted by Gasteiger charge is 2.19. The van der Waals surface area contributed by atoms with E-state index in [2.05, 4.69) is 15.1 Å². The first-order valence-electron chi connectivity index (χ1n) is 13.5. The first-order chi connectivity index (χ1) is 18.1. The highest BCUT2D eigenvalue weighted by Crippen LogP contribution is 2.32. The molecule has 1 amide bonds. The Morgan fingerprint density at radius 3 is 2.49 bits per heavy atom. The fraction of sp³-hybridized carbons (Fsp3) is 0.433. The molecule has 0 atom stereocenters. The number of nitrogens with zero attached hydrogens (tertiary/aromatic N) is 2. The molecule has 0 aromatic heterocycles. The zero-order chi connectivity index (χ0) is 25.6. The van der Waals surface area contributed by atoms with Crippen molar-refractivity contribution in [1.82, 2.24) is 4.90 Å². The summed E-state index contributed by atoms with van der Waals surface area (Å²) in [6.07, 6.45) is 5.41. The molecule has 0 bridgehead atoms. The number of ether oxygens (including phenoxy) is 1. The van der Waals surface area contributed by atoms with Crippen molar-refractivity contribution in [1.29, 1.82) is 0 Å². The van der Waals surface area contributed by atoms with Crippen molar-refractivity contribution in [3.8, 4) is 5.75 Å². The van der Waals surface area contributed by atoms with Crippen LogP contribution in [0, 0.1) is 11.7 Å². The Labute approximate surface area is 218 Å². The molecule has 3 aromatic carbocycles. The van der Waals surface area contributed by atoms with Gasteiger partial charge in [0.1, 0.15) is 18.2 Å². The Morgan fingerprint density at radius 2 is 1.73 bits per heavy atom. The predicted molar refractivity (Wildman–Crippen MR) is 146 cm³/mol. The summed E-state index contributed by atoms with van der Waals surface area (Å²) in [4.78, 5) is 17.7. The molecule has 2 N–H and O–H groups in total. The maximum atomic E-state index is 14.4. The van der Waals surface area contributed by atoms with Crippen LogP contribution in [0.5, 0.6) is 5.75 Å². The van der Waals surface area contributed by atoms with Crippen LogP contribution >= 0.6 is 0 Å². The SMILES string of the molecule is O=C(Nc1ccc(OCCN2CCC(CO)CC2)c2ccccc12)c1cc(F)cc(N2CCCCC2)c1. The predicted octanol–water partition coefficient (Wildman–Crippen LogP) is 5.30. The molecule has 2 heterocycles. The van der Waals surface area contributed by atoms with Gasteiger partial charge in [0.25, 0.3) is 5.91 Å². The topological polar surface area (TPSA) is 65.0 Å². The smallest absolute Gasteiger partial charge is 0.255 e. The van der Waals surface area contributed by atoms with Crippen LogP contribution in [0.4, 0.5) is 15.8 Å². The third-order valence-corrected chi connectivity index (χ3v) is 7.63. The highest BCUT2D eigenvalue weighted by atomic mass is 19.1. The van der Waals surface area contributed by atoms with Crippen molar-refractivity contribution in [2.24, 2.45) is 5.92 Å². The molecule has 0 saturated carbocycles. The average molecular weight is 506 g/mol. The maximum absolute atomic E-state index is 14.4. The van der Waals surface area contributed by atoms with E-state index in [-0.39, 0.29) is 12.5 Å². The van der Waals surface area contributed by atoms with Crippen LogP contribution in [0.15, 0.2) is 54.6 Å². The Hall–Kier alpha value is -3.16. The number of anilines is 2. The van der Waals surface area contributed by atoms with Crippen molar-refractivity contribution in [3.63, 3.8) is 0 Å². The van der Waals surface area contributed by atoms with E-state index in [9.17, 15) is 14.3 Å². The molecule has 0 radical (unpaired) electrons. The average Bonchev–Trinajstić information content (AvgIpc) is 2.94. The quantitative estimate of drug-likeness (QED) is 0.435. The summed E-state index contributed by atoms with van der Waals surface area (Å²) >= 11 is 0. The Kier molecular flexibility index (Phi) is 8.21. The highest BCUT2D eigenvalue weighted by molar-refractivity contribution is 6.10. The van der Waals surface area contributed by atoms with Gasteiger partial charge >= 0.3 is 0 Å². The molecule has 2 aliphatic heterocycles. The summed E-state index contributed by atoms with van der Waals surface area (Å²) in [5, 5.41) is 14.1. The lowest BCUT2D eigenvalue weighted by Gasteiger charge is -2.30. The number of aliphatic hydroxyl groups excluding tert-OH is 1. The van der Waals surface area contributed by atoms with E-state index in [1.54, 1.807) is 6.07 Å². The standard InChI is InChI=1S/C30H36FN3O3/c31-24-18-23(19-25(20-24)34-12-4-1-5-13-34)30(36)32-28-8-9-29(27-7-3-2-6-26(27)28)37-17-16-33-14-10-22(21-35)11-15-33/h2-3,6-9,18-20,22,35H,1,4-5,10-17,21H2,(H,32,36). The summed E-state index contributed by atoms with van der Waals surface area (Å²) in [6, 6.07) is 16.2. The number of hydrogen-bond acceptors (Lipinski definition) is 5. The zero-order valence-corrected chi connectivity index (χ0v) is 21.3. The van der Waals surface area contributed by atoms with Gasteiger partial charge in [-0.1, -0.05) is 24.3 Å². The summed E-state index contributed by atoms with van der Waals surface area (Å²) in [5.41, 5.74) is 1.75. The number of carbonyl (C=O) groups excluding carboxylic acids is 1. The fourth-order valence-electron chi connectivity index (χ4n) is 5.42. The van der Waals surface area contributed by atoms with E-state index in [1.165, 1.54) is 18.6 Å². The minimum atomic E-state index is -0.401. The van der Waals surface area contributed by atoms with Crippen LogP contribution in [0.2, 0.25) is 0 Å². The van der Waals surface area contributed by atoms with Crippen molar-refractivity contribution in [2.45, 2.75) is 32.1 Å². The molecule has 5 rings (SSSR count). The zero-order valence-electron chi connectivity index (χ0n) is 21.3. The molecule has 3 aromatic rings. The second-order valence-electron chi connectivity index (χ2n) is 10.2. The van der Waals surface area contributed by atoms with Crippen LogP contribution in [0.25, 0.3) is 10.8 Å². The van der Waals surface area contributed by atoms with Gasteiger partial charge in [-0.05, 0) is 81.4 Å². The minimum absolute atomic E-state index is 0.276. The normalized spacial score (nSPS) is 17.2. The van der Waals surface area contributed by atoms with E-state index >= 15 is 0 Å². The number of carbonyl (C=O) groups is 1. The number of benzene rings is 3. The molecule has 0 unspecified atom stereocenters. The van der Waals surface area contributed by atoms with Crippen molar-refractivity contribution >= 4 is 28.1 Å². The first kappa shape index (κ1) is 25.5. The molecule has 0 spiro atoms. The number of halogens is 1. The summed E-state index contributed by atoms with van der Waals surface area (Å²) in [7, 11) is 0. The number of likely N-dealkylation sites (tertiary alicyclic amines) is 1. The van der Waals surface area contributed by atoms with Gasteiger partial charge in [0, 0.05) is 54.0 Å². The minimum Gasteiger partial charge on any atom is -0.492 e. The lowest BCUT2D eigenvalue weighted by Crippen LogP contribution is -2.37. The second-order valence-corrected chi connectivity index (χ2v) is 10.2. The van der Waals surface area contributed by atoms with Crippen molar-refractivity contribution in [2.75, 3.05) is 56.2 Å². The first-order valence-corrected chi connectivity index (χ1v) is 13.5. The summed E-state index contributed by atoms with van der Waals surface area (Å²) in [6.45, 7) is 5.43. The molecule has 37 heavy (non-hydrogen) atoms. The van der Waals surface area contributed by atoms with Gasteiger partial charge in [0.05, 0.1) is 0 Å². The number of nitrogens with one attached hydrogen (secondary N) is 1. The molecule has 196 valence electrons. The lowest BCUT2D eigenvalue weighted by molar-refractivity contribution is 0.102. The van der Waals surface area contributed by atoms with E-state index in [0.717, 1.165) is 80.6 Å². The van der Waals surface area contributed by atoms with Gasteiger partial charge in [0.15, 0.2) is 0 Å². The number of amides is 1. The van der Waals surface area contributed by atoms with Crippen LogP contribution in [-0.2, 0) is 0 Å². The van der Waals surface area contributed by atoms with E-state index in [0.29, 0.717) is 23.8 Å². The largest absolute Gasteiger partial charge is 0.492 e. The summed E-state index contributed by atoms with van der Waals surface area (Å²) in [5.74, 6) is 0.467. The lowest BCUT2D eigenvalue weighted by atomic mass is 9.98. The van der Waals surface area contributed by atoms with Gasteiger partial charge in [-0.25, -0.2) is 4.39 Å². The number of fused-ring (bicyclic) bond motifs is 1. The molecule has 2 saturated heterocycles. The van der Waals surface area contributed by atoms with Gasteiger partial charge in [0.2, 0.25) is 0 Å². The molecule has 7 heteroatoms. The Bertz CT molecular complexity index is 1220. The number of hydrogen-bond donors (Lipinski definition) is 2. The second kappa shape index (κ2) is 11.9. The van der Waals surface area contributed by atoms with E-state index in [4.69, 9.17) is 4.74 Å². The van der Waals surface area contributed by atoms with E-state index < -0.39 is 5.82 Å². The Balaban J connectivity index is 1.27. The van der Waals surface area contributed by atoms with Crippen LogP contribution in [0.3, 0.4) is 0 Å². The molecule has 0 aliphatic carbocycles. The van der Waals surface area contributed by atoms with Crippen LogP contribution in [0.1, 0.15) is 42.5 Å². The van der Waals surface area contributed by atoms with Crippen molar-refractivity contribution < 1.29 is 19.0 Å². The number of piperidine rings is 2. The maximum Gasteiger partial charge on any atom is 0.255 e. The molecular weight excluding hydrogens is 469 g/mol. The molecular formula is C30H36FN3O3. The van der Waals surface area contributed by atoms with Gasteiger partial charge < -0.3 is 20.1 Å². The number of rotatable bonds is 8. The molecule has 6 nitrogen and oxygen atoms in total. The van der Waals surface area contributed by atoms with Crippen molar-refractivity contribution in [3.05, 3.63) is 66.0 Å². The third-order valence-electron chi connectivity index (χ3n) is 7.63. The third kappa shape index (κ3) is 6.22. The molecule has 2 fully saturated rings. The van der Waals surface area contributed by atoms with Gasteiger partial charge in [-0.15, -0.1) is 0 Å².